The first-order valence-electron chi connectivity index (χ1n) is 8.43. The third-order valence-electron chi connectivity index (χ3n) is 4.65. The number of halogens is 2. The van der Waals surface area contributed by atoms with Crippen molar-refractivity contribution in [3.05, 3.63) is 36.0 Å². The Hall–Kier alpha value is -2.86. The largest absolute Gasteiger partial charge is 0.383 e. The van der Waals surface area contributed by atoms with Gasteiger partial charge in [-0.3, -0.25) is 4.68 Å². The maximum Gasteiger partial charge on any atom is 0.249 e. The van der Waals surface area contributed by atoms with Crippen molar-refractivity contribution in [2.75, 3.05) is 36.8 Å². The Kier molecular flexibility index (Phi) is 4.38. The highest BCUT2D eigenvalue weighted by molar-refractivity contribution is 7.89. The van der Waals surface area contributed by atoms with E-state index in [-0.39, 0.29) is 32.0 Å². The van der Waals surface area contributed by atoms with Crippen molar-refractivity contribution in [1.29, 1.82) is 0 Å². The normalized spacial score (nSPS) is 16.0. The summed E-state index contributed by atoms with van der Waals surface area (Å²) in [4.78, 5) is 9.54. The average Bonchev–Trinajstić information content (AvgIpc) is 3.03. The lowest BCUT2D eigenvalue weighted by molar-refractivity contribution is 0.376. The highest BCUT2D eigenvalue weighted by Gasteiger charge is 2.33. The van der Waals surface area contributed by atoms with E-state index in [1.54, 1.807) is 22.8 Å². The first-order chi connectivity index (χ1) is 13.3. The van der Waals surface area contributed by atoms with E-state index in [1.165, 1.54) is 0 Å². The first kappa shape index (κ1) is 18.5. The molecule has 148 valence electrons. The lowest BCUT2D eigenvalue weighted by atomic mass is 10.3. The van der Waals surface area contributed by atoms with Gasteiger partial charge in [-0.1, -0.05) is 6.07 Å². The average molecular weight is 409 g/mol. The minimum atomic E-state index is -4.29. The van der Waals surface area contributed by atoms with Crippen LogP contribution in [0, 0.1) is 11.6 Å². The van der Waals surface area contributed by atoms with Gasteiger partial charge in [0, 0.05) is 33.2 Å². The van der Waals surface area contributed by atoms with Gasteiger partial charge in [0.25, 0.3) is 0 Å². The Morgan fingerprint density at radius 3 is 2.36 bits per heavy atom. The quantitative estimate of drug-likeness (QED) is 0.679. The molecular formula is C16H17F2N7O2S. The summed E-state index contributed by atoms with van der Waals surface area (Å²) in [6, 6.07) is 2.97. The van der Waals surface area contributed by atoms with Gasteiger partial charge in [0.05, 0.1) is 11.6 Å². The molecule has 12 heteroatoms. The molecule has 2 N–H and O–H groups in total. The molecule has 4 rings (SSSR count). The summed E-state index contributed by atoms with van der Waals surface area (Å²) >= 11 is 0. The van der Waals surface area contributed by atoms with Gasteiger partial charge in [-0.15, -0.1) is 0 Å². The molecule has 0 amide bonds. The second-order valence-corrected chi connectivity index (χ2v) is 8.23. The van der Waals surface area contributed by atoms with Crippen LogP contribution in [0.25, 0.3) is 11.0 Å². The number of aromatic nitrogens is 4. The van der Waals surface area contributed by atoms with Gasteiger partial charge in [0.1, 0.15) is 17.5 Å². The van der Waals surface area contributed by atoms with E-state index in [0.717, 1.165) is 22.5 Å². The van der Waals surface area contributed by atoms with Crippen molar-refractivity contribution in [3.8, 4) is 0 Å². The third-order valence-corrected chi connectivity index (χ3v) is 6.60. The first-order valence-corrected chi connectivity index (χ1v) is 9.87. The zero-order chi connectivity index (χ0) is 20.1. The number of nitrogens with two attached hydrogens (primary N) is 1. The number of aryl methyl sites for hydroxylation is 1. The number of benzene rings is 1. The number of rotatable bonds is 3. The van der Waals surface area contributed by atoms with E-state index in [4.69, 9.17) is 5.73 Å². The van der Waals surface area contributed by atoms with Crippen molar-refractivity contribution in [2.45, 2.75) is 4.90 Å². The number of hydrogen-bond acceptors (Lipinski definition) is 7. The third kappa shape index (κ3) is 2.94. The van der Waals surface area contributed by atoms with Crippen molar-refractivity contribution in [1.82, 2.24) is 24.1 Å². The van der Waals surface area contributed by atoms with Crippen LogP contribution in [-0.2, 0) is 17.1 Å². The Morgan fingerprint density at radius 2 is 1.71 bits per heavy atom. The number of fused-ring (bicyclic) bond motifs is 1. The van der Waals surface area contributed by atoms with Gasteiger partial charge in [0.15, 0.2) is 10.5 Å². The van der Waals surface area contributed by atoms with Gasteiger partial charge in [-0.2, -0.15) is 19.4 Å². The molecule has 0 aliphatic carbocycles. The van der Waals surface area contributed by atoms with Gasteiger partial charge in [-0.05, 0) is 12.1 Å². The molecule has 1 aromatic carbocycles. The van der Waals surface area contributed by atoms with Crippen LogP contribution in [0.15, 0.2) is 29.3 Å². The van der Waals surface area contributed by atoms with Gasteiger partial charge < -0.3 is 10.6 Å². The van der Waals surface area contributed by atoms with Crippen molar-refractivity contribution in [2.24, 2.45) is 7.05 Å². The maximum absolute atomic E-state index is 13.9. The van der Waals surface area contributed by atoms with E-state index >= 15 is 0 Å². The molecule has 1 aliphatic rings. The van der Waals surface area contributed by atoms with E-state index in [2.05, 4.69) is 15.1 Å². The molecule has 0 radical (unpaired) electrons. The zero-order valence-electron chi connectivity index (χ0n) is 14.9. The minimum absolute atomic E-state index is 0.0306. The number of nitrogen functional groups attached to an aromatic ring is 1. The molecular weight excluding hydrogens is 392 g/mol. The maximum atomic E-state index is 13.9. The van der Waals surface area contributed by atoms with E-state index in [9.17, 15) is 17.2 Å². The summed E-state index contributed by atoms with van der Waals surface area (Å²) in [7, 11) is -2.56. The number of piperazine rings is 1. The molecule has 0 spiro atoms. The van der Waals surface area contributed by atoms with Crippen molar-refractivity contribution >= 4 is 32.8 Å². The van der Waals surface area contributed by atoms with Crippen LogP contribution >= 0.6 is 0 Å². The molecule has 1 fully saturated rings. The predicted octanol–water partition coefficient (Wildman–Crippen LogP) is 0.735. The Labute approximate surface area is 159 Å². The highest BCUT2D eigenvalue weighted by Crippen LogP contribution is 2.25. The predicted molar refractivity (Wildman–Crippen MR) is 98.0 cm³/mol. The fraction of sp³-hybridized carbons (Fsp3) is 0.312. The lowest BCUT2D eigenvalue weighted by Crippen LogP contribution is -2.49. The molecule has 2 aromatic heterocycles. The van der Waals surface area contributed by atoms with E-state index in [0.29, 0.717) is 17.0 Å². The topological polar surface area (TPSA) is 110 Å². The SMILES string of the molecule is Cn1ncc2c(N)nc(N3CCN(S(=O)(=O)c4c(F)cccc4F)CC3)nc21. The smallest absolute Gasteiger partial charge is 0.249 e. The molecule has 9 nitrogen and oxygen atoms in total. The molecule has 1 aliphatic heterocycles. The van der Waals surface area contributed by atoms with Crippen LogP contribution < -0.4 is 10.6 Å². The molecule has 0 atom stereocenters. The Balaban J connectivity index is 1.57. The monoisotopic (exact) mass is 409 g/mol. The van der Waals surface area contributed by atoms with Crippen LogP contribution in [0.1, 0.15) is 0 Å². The summed E-state index contributed by atoms with van der Waals surface area (Å²) in [5, 5.41) is 4.72. The minimum Gasteiger partial charge on any atom is -0.383 e. The molecule has 3 aromatic rings. The Bertz CT molecular complexity index is 1140. The fourth-order valence-electron chi connectivity index (χ4n) is 3.16. The van der Waals surface area contributed by atoms with Crippen LogP contribution in [0.2, 0.25) is 0 Å². The van der Waals surface area contributed by atoms with Crippen molar-refractivity contribution in [3.63, 3.8) is 0 Å². The summed E-state index contributed by atoms with van der Waals surface area (Å²) < 4.78 is 55.9. The number of nitrogens with zero attached hydrogens (tertiary/aromatic N) is 6. The number of anilines is 2. The second kappa shape index (κ2) is 6.63. The molecule has 0 saturated carbocycles. The van der Waals surface area contributed by atoms with Gasteiger partial charge in [0.2, 0.25) is 16.0 Å². The van der Waals surface area contributed by atoms with Crippen LogP contribution in [0.3, 0.4) is 0 Å². The van der Waals surface area contributed by atoms with Crippen LogP contribution in [-0.4, -0.2) is 58.7 Å². The number of hydrogen-bond donors (Lipinski definition) is 1. The highest BCUT2D eigenvalue weighted by atomic mass is 32.2. The number of sulfonamides is 1. The van der Waals surface area contributed by atoms with Crippen LogP contribution in [0.5, 0.6) is 0 Å². The molecule has 1 saturated heterocycles. The molecule has 0 bridgehead atoms. The summed E-state index contributed by atoms with van der Waals surface area (Å²) in [6.45, 7) is 0.557. The molecule has 0 unspecified atom stereocenters. The fourth-order valence-corrected chi connectivity index (χ4v) is 4.69. The molecule has 28 heavy (non-hydrogen) atoms. The Morgan fingerprint density at radius 1 is 1.07 bits per heavy atom. The summed E-state index contributed by atoms with van der Waals surface area (Å²) in [6.07, 6.45) is 1.57. The standard InChI is InChI=1S/C16H17F2N7O2S/c1-23-15-10(9-20-23)14(19)21-16(22-15)24-5-7-25(8-6-24)28(26,27)13-11(17)3-2-4-12(13)18/h2-4,9H,5-8H2,1H3,(H2,19,21,22). The molecule has 3 heterocycles. The summed E-state index contributed by atoms with van der Waals surface area (Å²) in [5.41, 5.74) is 6.52. The summed E-state index contributed by atoms with van der Waals surface area (Å²) in [5.74, 6) is -1.60. The van der Waals surface area contributed by atoms with Crippen molar-refractivity contribution < 1.29 is 17.2 Å². The van der Waals surface area contributed by atoms with Gasteiger partial charge in [-0.25, -0.2) is 17.2 Å². The lowest BCUT2D eigenvalue weighted by Gasteiger charge is -2.34. The van der Waals surface area contributed by atoms with Crippen LogP contribution in [0.4, 0.5) is 20.5 Å². The zero-order valence-corrected chi connectivity index (χ0v) is 15.7. The van der Waals surface area contributed by atoms with E-state index in [1.807, 2.05) is 0 Å². The van der Waals surface area contributed by atoms with Gasteiger partial charge >= 0.3 is 0 Å². The second-order valence-electron chi connectivity index (χ2n) is 6.36. The van der Waals surface area contributed by atoms with E-state index < -0.39 is 26.6 Å².